The van der Waals surface area contributed by atoms with Gasteiger partial charge in [-0.2, -0.15) is 0 Å². The van der Waals surface area contributed by atoms with Crippen molar-refractivity contribution in [3.05, 3.63) is 34.1 Å². The molecular formula is C15H18BrFN2O. The Morgan fingerprint density at radius 3 is 2.85 bits per heavy atom. The molecule has 3 nitrogen and oxygen atoms in total. The van der Waals surface area contributed by atoms with Gasteiger partial charge in [-0.25, -0.2) is 4.39 Å². The number of rotatable bonds is 2. The van der Waals surface area contributed by atoms with Gasteiger partial charge in [-0.1, -0.05) is 15.9 Å². The average molecular weight is 341 g/mol. The Balaban J connectivity index is 1.66. The van der Waals surface area contributed by atoms with Crippen LogP contribution in [-0.4, -0.2) is 24.0 Å². The molecule has 3 rings (SSSR count). The van der Waals surface area contributed by atoms with Crippen molar-refractivity contribution < 1.29 is 9.18 Å². The smallest absolute Gasteiger partial charge is 0.251 e. The van der Waals surface area contributed by atoms with Crippen molar-refractivity contribution in [1.29, 1.82) is 0 Å². The number of halogens is 2. The maximum atomic E-state index is 13.3. The summed E-state index contributed by atoms with van der Waals surface area (Å²) < 4.78 is 13.9. The topological polar surface area (TPSA) is 41.1 Å². The Kier molecular flexibility index (Phi) is 3.82. The lowest BCUT2D eigenvalue weighted by Gasteiger charge is -2.48. The summed E-state index contributed by atoms with van der Waals surface area (Å²) in [5, 5.41) is 6.62. The average Bonchev–Trinajstić information content (AvgIpc) is 2.36. The first-order valence-electron chi connectivity index (χ1n) is 7.08. The van der Waals surface area contributed by atoms with Gasteiger partial charge >= 0.3 is 0 Å². The number of carbonyl (C=O) groups excluding carboxylic acids is 1. The molecule has 1 aromatic rings. The van der Waals surface area contributed by atoms with E-state index in [0.717, 1.165) is 19.4 Å². The van der Waals surface area contributed by atoms with Gasteiger partial charge in [-0.15, -0.1) is 0 Å². The normalized spacial score (nSPS) is 24.2. The van der Waals surface area contributed by atoms with Crippen LogP contribution in [-0.2, 0) is 0 Å². The highest BCUT2D eigenvalue weighted by Crippen LogP contribution is 2.38. The zero-order valence-corrected chi connectivity index (χ0v) is 12.8. The number of benzene rings is 1. The van der Waals surface area contributed by atoms with Crippen LogP contribution in [0.1, 0.15) is 42.5 Å². The largest absolute Gasteiger partial charge is 0.349 e. The molecule has 108 valence electrons. The fourth-order valence-corrected chi connectivity index (χ4v) is 3.68. The van der Waals surface area contributed by atoms with Gasteiger partial charge in [0.1, 0.15) is 5.82 Å². The molecule has 0 aromatic heterocycles. The van der Waals surface area contributed by atoms with E-state index in [1.807, 2.05) is 0 Å². The first kappa shape index (κ1) is 14.0. The Morgan fingerprint density at radius 2 is 2.20 bits per heavy atom. The molecule has 1 amide bonds. The van der Waals surface area contributed by atoms with E-state index < -0.39 is 5.82 Å². The van der Waals surface area contributed by atoms with Crippen LogP contribution in [0.3, 0.4) is 0 Å². The number of nitrogens with one attached hydrogen (secondary N) is 2. The molecule has 1 aliphatic heterocycles. The molecule has 2 fully saturated rings. The van der Waals surface area contributed by atoms with E-state index in [0.29, 0.717) is 10.0 Å². The van der Waals surface area contributed by atoms with Crippen LogP contribution in [0.5, 0.6) is 0 Å². The van der Waals surface area contributed by atoms with Gasteiger partial charge in [0.15, 0.2) is 0 Å². The predicted molar refractivity (Wildman–Crippen MR) is 79.2 cm³/mol. The Morgan fingerprint density at radius 1 is 1.40 bits per heavy atom. The highest BCUT2D eigenvalue weighted by molar-refractivity contribution is 9.10. The highest BCUT2D eigenvalue weighted by Gasteiger charge is 2.41. The van der Waals surface area contributed by atoms with Gasteiger partial charge in [0.05, 0.1) is 0 Å². The molecule has 1 aliphatic carbocycles. The molecule has 2 N–H and O–H groups in total. The number of piperidine rings is 1. The van der Waals surface area contributed by atoms with Gasteiger partial charge in [0.2, 0.25) is 0 Å². The van der Waals surface area contributed by atoms with Gasteiger partial charge in [-0.3, -0.25) is 4.79 Å². The fourth-order valence-electron chi connectivity index (χ4n) is 3.22. The van der Waals surface area contributed by atoms with E-state index in [2.05, 4.69) is 26.6 Å². The van der Waals surface area contributed by atoms with Crippen molar-refractivity contribution in [1.82, 2.24) is 10.6 Å². The third kappa shape index (κ3) is 2.88. The maximum absolute atomic E-state index is 13.3. The van der Waals surface area contributed by atoms with Crippen LogP contribution in [0.15, 0.2) is 22.7 Å². The monoisotopic (exact) mass is 340 g/mol. The molecule has 1 heterocycles. The van der Waals surface area contributed by atoms with Gasteiger partial charge in [0, 0.05) is 21.6 Å². The van der Waals surface area contributed by atoms with Crippen LogP contribution < -0.4 is 10.6 Å². The van der Waals surface area contributed by atoms with Crippen LogP contribution in [0.4, 0.5) is 4.39 Å². The molecule has 1 spiro atoms. The van der Waals surface area contributed by atoms with Crippen LogP contribution >= 0.6 is 15.9 Å². The molecule has 5 heteroatoms. The molecule has 0 radical (unpaired) electrons. The third-order valence-corrected chi connectivity index (χ3v) is 4.86. The molecular weight excluding hydrogens is 323 g/mol. The van der Waals surface area contributed by atoms with E-state index >= 15 is 0 Å². The van der Waals surface area contributed by atoms with Crippen molar-refractivity contribution in [2.45, 2.75) is 43.7 Å². The quantitative estimate of drug-likeness (QED) is 0.868. The second-order valence-corrected chi connectivity index (χ2v) is 6.80. The third-order valence-electron chi connectivity index (χ3n) is 4.40. The summed E-state index contributed by atoms with van der Waals surface area (Å²) in [6, 6.07) is 4.47. The molecule has 1 saturated carbocycles. The summed E-state index contributed by atoms with van der Waals surface area (Å²) in [5.74, 6) is -0.586. The minimum Gasteiger partial charge on any atom is -0.349 e. The molecule has 1 atom stereocenters. The Bertz CT molecular complexity index is 510. The zero-order valence-electron chi connectivity index (χ0n) is 11.2. The summed E-state index contributed by atoms with van der Waals surface area (Å²) in [7, 11) is 0. The molecule has 0 bridgehead atoms. The summed E-state index contributed by atoms with van der Waals surface area (Å²) in [6.45, 7) is 0.942. The predicted octanol–water partition coefficient (Wildman–Crippen LogP) is 2.99. The lowest BCUT2D eigenvalue weighted by Crippen LogP contribution is -2.59. The minimum atomic E-state index is -0.398. The minimum absolute atomic E-state index is 0.186. The summed E-state index contributed by atoms with van der Waals surface area (Å²) in [5.41, 5.74) is 0.622. The molecule has 2 aliphatic rings. The number of hydrogen-bond donors (Lipinski definition) is 2. The summed E-state index contributed by atoms with van der Waals surface area (Å²) in [6.07, 6.45) is 5.58. The first-order chi connectivity index (χ1) is 9.56. The van der Waals surface area contributed by atoms with E-state index in [4.69, 9.17) is 0 Å². The van der Waals surface area contributed by atoms with E-state index in [9.17, 15) is 9.18 Å². The highest BCUT2D eigenvalue weighted by atomic mass is 79.9. The van der Waals surface area contributed by atoms with Crippen molar-refractivity contribution in [2.24, 2.45) is 0 Å². The maximum Gasteiger partial charge on any atom is 0.251 e. The second kappa shape index (κ2) is 5.45. The van der Waals surface area contributed by atoms with Crippen LogP contribution in [0, 0.1) is 5.82 Å². The summed E-state index contributed by atoms with van der Waals surface area (Å²) >= 11 is 3.21. The number of hydrogen-bond acceptors (Lipinski definition) is 2. The van der Waals surface area contributed by atoms with Gasteiger partial charge in [-0.05, 0) is 56.8 Å². The van der Waals surface area contributed by atoms with Crippen molar-refractivity contribution in [3.8, 4) is 0 Å². The number of carbonyl (C=O) groups is 1. The van der Waals surface area contributed by atoms with Gasteiger partial charge < -0.3 is 10.6 Å². The second-order valence-electron chi connectivity index (χ2n) is 5.88. The Labute approximate surface area is 126 Å². The van der Waals surface area contributed by atoms with Crippen LogP contribution in [0.25, 0.3) is 0 Å². The van der Waals surface area contributed by atoms with Crippen molar-refractivity contribution in [3.63, 3.8) is 0 Å². The van der Waals surface area contributed by atoms with Crippen molar-refractivity contribution in [2.75, 3.05) is 6.54 Å². The lowest BCUT2D eigenvalue weighted by molar-refractivity contribution is 0.0852. The lowest BCUT2D eigenvalue weighted by atomic mass is 9.70. The molecule has 1 saturated heterocycles. The fraction of sp³-hybridized carbons (Fsp3) is 0.533. The van der Waals surface area contributed by atoms with E-state index in [1.54, 1.807) is 6.07 Å². The first-order valence-corrected chi connectivity index (χ1v) is 7.88. The van der Waals surface area contributed by atoms with E-state index in [-0.39, 0.29) is 17.5 Å². The molecule has 1 aromatic carbocycles. The zero-order chi connectivity index (χ0) is 14.2. The standard InChI is InChI=1S/C15H18BrFN2O/c16-11-6-10(7-12(17)8-11)14(20)19-13-2-5-18-15(9-13)3-1-4-15/h6-8,13,18H,1-5,9H2,(H,19,20). The SMILES string of the molecule is O=C(NC1CCNC2(CCC2)C1)c1cc(F)cc(Br)c1. The van der Waals surface area contributed by atoms with Gasteiger partial charge in [0.25, 0.3) is 5.91 Å². The van der Waals surface area contributed by atoms with Crippen molar-refractivity contribution >= 4 is 21.8 Å². The molecule has 20 heavy (non-hydrogen) atoms. The number of amides is 1. The van der Waals surface area contributed by atoms with Crippen LogP contribution in [0.2, 0.25) is 0 Å². The summed E-state index contributed by atoms with van der Waals surface area (Å²) in [4.78, 5) is 12.2. The van der Waals surface area contributed by atoms with E-state index in [1.165, 1.54) is 31.4 Å². The Hall–Kier alpha value is -0.940. The molecule has 1 unspecified atom stereocenters.